The Hall–Kier alpha value is -3.75. The molecule has 9 heteroatoms. The number of hydrogen-bond acceptors (Lipinski definition) is 5. The minimum atomic E-state index is -0.554. The van der Waals surface area contributed by atoms with E-state index in [1.165, 1.54) is 30.3 Å². The Balaban J connectivity index is 2.00. The first kappa shape index (κ1) is 18.1. The van der Waals surface area contributed by atoms with Gasteiger partial charge in [0.1, 0.15) is 0 Å². The third kappa shape index (κ3) is 3.34. The van der Waals surface area contributed by atoms with E-state index in [9.17, 15) is 24.5 Å². The van der Waals surface area contributed by atoms with Crippen LogP contribution in [0, 0.1) is 17.0 Å². The molecule has 0 fully saturated rings. The van der Waals surface area contributed by atoms with E-state index in [0.717, 1.165) is 4.57 Å². The van der Waals surface area contributed by atoms with Crippen molar-refractivity contribution in [3.63, 3.8) is 0 Å². The van der Waals surface area contributed by atoms with Gasteiger partial charge in [-0.2, -0.15) is 0 Å². The number of nitro benzene ring substituents is 1. The highest BCUT2D eigenvalue weighted by Crippen LogP contribution is 2.22. The van der Waals surface area contributed by atoms with Crippen LogP contribution in [0.1, 0.15) is 22.8 Å². The van der Waals surface area contributed by atoms with Crippen LogP contribution in [0.2, 0.25) is 0 Å². The first-order chi connectivity index (χ1) is 12.8. The zero-order valence-electron chi connectivity index (χ0n) is 14.6. The van der Waals surface area contributed by atoms with Crippen LogP contribution in [0.15, 0.2) is 46.0 Å². The third-order valence-electron chi connectivity index (χ3n) is 4.24. The van der Waals surface area contributed by atoms with Crippen LogP contribution in [-0.4, -0.2) is 20.4 Å². The lowest BCUT2D eigenvalue weighted by atomic mass is 10.1. The molecule has 0 saturated carbocycles. The number of aromatic nitrogens is 2. The number of nitrogens with zero attached hydrogens (tertiary/aromatic N) is 2. The highest BCUT2D eigenvalue weighted by Gasteiger charge is 2.14. The monoisotopic (exact) mass is 368 g/mol. The van der Waals surface area contributed by atoms with E-state index >= 15 is 0 Å². The Morgan fingerprint density at radius 1 is 1.22 bits per heavy atom. The van der Waals surface area contributed by atoms with Gasteiger partial charge >= 0.3 is 5.69 Å². The normalized spacial score (nSPS) is 10.7. The van der Waals surface area contributed by atoms with E-state index in [2.05, 4.69) is 10.3 Å². The van der Waals surface area contributed by atoms with Crippen molar-refractivity contribution >= 4 is 28.2 Å². The quantitative estimate of drug-likeness (QED) is 0.539. The fourth-order valence-corrected chi connectivity index (χ4v) is 2.74. The summed E-state index contributed by atoms with van der Waals surface area (Å²) in [7, 11) is 0. The number of nitrogens with one attached hydrogen (secondary N) is 2. The summed E-state index contributed by atoms with van der Waals surface area (Å²) in [4.78, 5) is 49.7. The largest absolute Gasteiger partial charge is 0.328 e. The number of rotatable bonds is 4. The lowest BCUT2D eigenvalue weighted by molar-refractivity contribution is -0.384. The first-order valence-corrected chi connectivity index (χ1v) is 8.15. The Morgan fingerprint density at radius 3 is 2.63 bits per heavy atom. The number of benzene rings is 2. The average Bonchev–Trinajstić information content (AvgIpc) is 2.63. The molecule has 0 unspecified atom stereocenters. The number of carbonyl (C=O) groups is 1. The molecule has 138 valence electrons. The van der Waals surface area contributed by atoms with Gasteiger partial charge < -0.3 is 10.3 Å². The number of carbonyl (C=O) groups excluding carboxylic acids is 1. The van der Waals surface area contributed by atoms with Gasteiger partial charge in [-0.05, 0) is 37.6 Å². The Labute approximate surface area is 152 Å². The number of aromatic amines is 1. The maximum absolute atomic E-state index is 12.5. The van der Waals surface area contributed by atoms with Crippen LogP contribution in [-0.2, 0) is 6.54 Å². The lowest BCUT2D eigenvalue weighted by Gasteiger charge is -2.09. The van der Waals surface area contributed by atoms with Gasteiger partial charge in [0.25, 0.3) is 17.2 Å². The van der Waals surface area contributed by atoms with Crippen molar-refractivity contribution in [1.82, 2.24) is 9.55 Å². The molecule has 2 aromatic carbocycles. The van der Waals surface area contributed by atoms with E-state index < -0.39 is 22.1 Å². The van der Waals surface area contributed by atoms with Gasteiger partial charge in [-0.25, -0.2) is 4.79 Å². The molecule has 0 aliphatic carbocycles. The number of fused-ring (bicyclic) bond motifs is 1. The molecule has 0 spiro atoms. The molecule has 1 amide bonds. The molecule has 2 N–H and O–H groups in total. The molecule has 0 aliphatic heterocycles. The molecule has 0 radical (unpaired) electrons. The second-order valence-electron chi connectivity index (χ2n) is 5.95. The average molecular weight is 368 g/mol. The van der Waals surface area contributed by atoms with Crippen LogP contribution in [0.3, 0.4) is 0 Å². The number of amides is 1. The number of nitro groups is 1. The van der Waals surface area contributed by atoms with Crippen LogP contribution in [0.25, 0.3) is 10.9 Å². The Kier molecular flexibility index (Phi) is 4.59. The molecule has 0 atom stereocenters. The fourth-order valence-electron chi connectivity index (χ4n) is 2.74. The molecule has 0 saturated heterocycles. The van der Waals surface area contributed by atoms with Crippen molar-refractivity contribution in [3.05, 3.63) is 78.5 Å². The van der Waals surface area contributed by atoms with Gasteiger partial charge in [0.15, 0.2) is 0 Å². The van der Waals surface area contributed by atoms with Crippen LogP contribution >= 0.6 is 0 Å². The van der Waals surface area contributed by atoms with Gasteiger partial charge in [-0.15, -0.1) is 0 Å². The molecule has 0 aliphatic rings. The van der Waals surface area contributed by atoms with Crippen molar-refractivity contribution < 1.29 is 9.72 Å². The molecule has 1 aromatic heterocycles. The topological polar surface area (TPSA) is 127 Å². The smallest absolute Gasteiger partial charge is 0.321 e. The summed E-state index contributed by atoms with van der Waals surface area (Å²) >= 11 is 0. The highest BCUT2D eigenvalue weighted by molar-refractivity contribution is 6.06. The lowest BCUT2D eigenvalue weighted by Crippen LogP contribution is -2.34. The van der Waals surface area contributed by atoms with E-state index in [0.29, 0.717) is 16.6 Å². The summed E-state index contributed by atoms with van der Waals surface area (Å²) in [6.07, 6.45) is 0. The van der Waals surface area contributed by atoms with Gasteiger partial charge in [0.05, 0.1) is 21.5 Å². The third-order valence-corrected chi connectivity index (χ3v) is 4.24. The Bertz CT molecular complexity index is 1190. The number of non-ortho nitro benzene ring substituents is 1. The molecule has 27 heavy (non-hydrogen) atoms. The Morgan fingerprint density at radius 2 is 1.96 bits per heavy atom. The summed E-state index contributed by atoms with van der Waals surface area (Å²) < 4.78 is 1.06. The number of anilines is 1. The summed E-state index contributed by atoms with van der Waals surface area (Å²) in [6.45, 7) is 3.63. The van der Waals surface area contributed by atoms with E-state index in [-0.39, 0.29) is 23.3 Å². The SMILES string of the molecule is CCn1c(=O)[nH]c2cc(C(=O)Nc3cc([N+](=O)[O-])ccc3C)ccc2c1=O. The van der Waals surface area contributed by atoms with Crippen molar-refractivity contribution in [2.45, 2.75) is 20.4 Å². The van der Waals surface area contributed by atoms with Crippen molar-refractivity contribution in [2.75, 3.05) is 5.32 Å². The second-order valence-corrected chi connectivity index (χ2v) is 5.95. The molecule has 1 heterocycles. The van der Waals surface area contributed by atoms with Gasteiger partial charge in [-0.3, -0.25) is 24.3 Å². The predicted octanol–water partition coefficient (Wildman–Crippen LogP) is 2.18. The number of H-pyrrole nitrogens is 1. The van der Waals surface area contributed by atoms with E-state index in [1.54, 1.807) is 19.9 Å². The standard InChI is InChI=1S/C18H16N4O5/c1-3-21-17(24)13-7-5-11(8-15(13)20-18(21)25)16(23)19-14-9-12(22(26)27)6-4-10(14)2/h4-9H,3H2,1-2H3,(H,19,23)(H,20,25). The summed E-state index contributed by atoms with van der Waals surface area (Å²) in [6, 6.07) is 8.50. The predicted molar refractivity (Wildman–Crippen MR) is 100 cm³/mol. The van der Waals surface area contributed by atoms with Gasteiger partial charge in [-0.1, -0.05) is 6.07 Å². The zero-order valence-corrected chi connectivity index (χ0v) is 14.6. The summed E-state index contributed by atoms with van der Waals surface area (Å²) in [5.74, 6) is -0.513. The van der Waals surface area contributed by atoms with Crippen LogP contribution in [0.5, 0.6) is 0 Å². The molecule has 3 rings (SSSR count). The van der Waals surface area contributed by atoms with Gasteiger partial charge in [0, 0.05) is 24.2 Å². The zero-order chi connectivity index (χ0) is 19.7. The van der Waals surface area contributed by atoms with Gasteiger partial charge in [0.2, 0.25) is 0 Å². The maximum Gasteiger partial charge on any atom is 0.328 e. The van der Waals surface area contributed by atoms with E-state index in [4.69, 9.17) is 0 Å². The van der Waals surface area contributed by atoms with Crippen LogP contribution in [0.4, 0.5) is 11.4 Å². The number of hydrogen-bond donors (Lipinski definition) is 2. The fraction of sp³-hybridized carbons (Fsp3) is 0.167. The molecule has 9 nitrogen and oxygen atoms in total. The summed E-state index contributed by atoms with van der Waals surface area (Å²) in [5, 5.41) is 13.8. The molecule has 0 bridgehead atoms. The molecule has 3 aromatic rings. The summed E-state index contributed by atoms with van der Waals surface area (Å²) in [5.41, 5.74) is 0.299. The maximum atomic E-state index is 12.5. The van der Waals surface area contributed by atoms with Crippen LogP contribution < -0.4 is 16.6 Å². The second kappa shape index (κ2) is 6.87. The molecular formula is C18H16N4O5. The number of aryl methyl sites for hydroxylation is 1. The minimum Gasteiger partial charge on any atom is -0.321 e. The highest BCUT2D eigenvalue weighted by atomic mass is 16.6. The minimum absolute atomic E-state index is 0.140. The van der Waals surface area contributed by atoms with Crippen molar-refractivity contribution in [1.29, 1.82) is 0 Å². The van der Waals surface area contributed by atoms with Crippen molar-refractivity contribution in [2.24, 2.45) is 0 Å². The first-order valence-electron chi connectivity index (χ1n) is 8.15. The van der Waals surface area contributed by atoms with Crippen molar-refractivity contribution in [3.8, 4) is 0 Å². The molecular weight excluding hydrogens is 352 g/mol. The van der Waals surface area contributed by atoms with E-state index in [1.807, 2.05) is 0 Å².